The van der Waals surface area contributed by atoms with E-state index in [1.165, 1.54) is 12.8 Å². The molecule has 0 unspecified atom stereocenters. The molecule has 1 aromatic carbocycles. The number of nitrogens with zero attached hydrogens (tertiary/aromatic N) is 3. The van der Waals surface area contributed by atoms with Crippen molar-refractivity contribution in [3.05, 3.63) is 54.4 Å². The molecule has 0 radical (unpaired) electrons. The minimum Gasteiger partial charge on any atom is -0.396 e. The normalized spacial score (nSPS) is 14.2. The van der Waals surface area contributed by atoms with Gasteiger partial charge in [0.2, 0.25) is 0 Å². The Labute approximate surface area is 175 Å². The van der Waals surface area contributed by atoms with Crippen LogP contribution in [0.1, 0.15) is 18.4 Å². The summed E-state index contributed by atoms with van der Waals surface area (Å²) in [4.78, 5) is 21.4. The van der Waals surface area contributed by atoms with Crippen LogP contribution in [0.3, 0.4) is 0 Å². The lowest BCUT2D eigenvalue weighted by Crippen LogP contribution is -2.36. The summed E-state index contributed by atoms with van der Waals surface area (Å²) in [6.45, 7) is -0.756. The SMILES string of the molecule is O=C(NCC(F)(F)F)Nc1cccc(-c2cnc3cc(C=NOCC4CC4)ccn23)c1. The Hall–Kier alpha value is -3.56. The minimum absolute atomic E-state index is 0.365. The van der Waals surface area contributed by atoms with Crippen molar-refractivity contribution in [2.45, 2.75) is 19.0 Å². The molecule has 7 nitrogen and oxygen atoms in total. The number of aromatic nitrogens is 2. The van der Waals surface area contributed by atoms with Gasteiger partial charge in [0.25, 0.3) is 0 Å². The smallest absolute Gasteiger partial charge is 0.396 e. The fraction of sp³-hybridized carbons (Fsp3) is 0.286. The van der Waals surface area contributed by atoms with Crippen LogP contribution in [0, 0.1) is 5.92 Å². The molecule has 0 saturated heterocycles. The van der Waals surface area contributed by atoms with Gasteiger partial charge >= 0.3 is 12.2 Å². The molecule has 0 spiro atoms. The van der Waals surface area contributed by atoms with Crippen molar-refractivity contribution in [1.29, 1.82) is 0 Å². The summed E-state index contributed by atoms with van der Waals surface area (Å²) in [6, 6.07) is 9.58. The number of benzene rings is 1. The number of halogens is 3. The molecule has 1 aliphatic carbocycles. The molecule has 2 amide bonds. The Balaban J connectivity index is 1.45. The second-order valence-corrected chi connectivity index (χ2v) is 7.31. The Morgan fingerprint density at radius 3 is 2.90 bits per heavy atom. The quantitative estimate of drug-likeness (QED) is 0.429. The molecule has 2 aromatic heterocycles. The molecule has 31 heavy (non-hydrogen) atoms. The summed E-state index contributed by atoms with van der Waals surface area (Å²) >= 11 is 0. The van der Waals surface area contributed by atoms with Crippen molar-refractivity contribution < 1.29 is 22.8 Å². The Bertz CT molecular complexity index is 1110. The van der Waals surface area contributed by atoms with Gasteiger partial charge in [-0.05, 0) is 43.0 Å². The van der Waals surface area contributed by atoms with Crippen molar-refractivity contribution in [1.82, 2.24) is 14.7 Å². The molecule has 0 bridgehead atoms. The number of alkyl halides is 3. The van der Waals surface area contributed by atoms with E-state index in [9.17, 15) is 18.0 Å². The molecule has 1 saturated carbocycles. The zero-order valence-corrected chi connectivity index (χ0v) is 16.4. The molecule has 1 aliphatic rings. The maximum Gasteiger partial charge on any atom is 0.405 e. The van der Waals surface area contributed by atoms with Gasteiger partial charge in [0.1, 0.15) is 18.8 Å². The van der Waals surface area contributed by atoms with E-state index in [0.29, 0.717) is 23.9 Å². The van der Waals surface area contributed by atoms with E-state index in [1.807, 2.05) is 28.8 Å². The van der Waals surface area contributed by atoms with E-state index in [-0.39, 0.29) is 0 Å². The summed E-state index contributed by atoms with van der Waals surface area (Å²) in [6.07, 6.45) is 3.10. The highest BCUT2D eigenvalue weighted by molar-refractivity contribution is 5.90. The molecule has 162 valence electrons. The van der Waals surface area contributed by atoms with Gasteiger partial charge in [-0.25, -0.2) is 9.78 Å². The molecule has 10 heteroatoms. The lowest BCUT2D eigenvalue weighted by Gasteiger charge is -2.10. The molecule has 4 rings (SSSR count). The number of nitrogens with one attached hydrogen (secondary N) is 2. The summed E-state index contributed by atoms with van der Waals surface area (Å²) in [7, 11) is 0. The number of anilines is 1. The predicted octanol–water partition coefficient (Wildman–Crippen LogP) is 4.45. The van der Waals surface area contributed by atoms with Crippen LogP contribution >= 0.6 is 0 Å². The van der Waals surface area contributed by atoms with Crippen LogP contribution in [0.2, 0.25) is 0 Å². The monoisotopic (exact) mass is 431 g/mol. The first-order valence-electron chi connectivity index (χ1n) is 9.72. The second-order valence-electron chi connectivity index (χ2n) is 7.31. The lowest BCUT2D eigenvalue weighted by molar-refractivity contribution is -0.122. The standard InChI is InChI=1S/C21H20F3N5O2/c22-21(23,24)13-26-20(30)28-17-3-1-2-16(9-17)18-11-25-19-8-15(6-7-29(18)19)10-27-31-12-14-4-5-14/h1-3,6-11,14H,4-5,12-13H2,(H2,26,28,30). The third-order valence-corrected chi connectivity index (χ3v) is 4.69. The van der Waals surface area contributed by atoms with Crippen LogP contribution in [0.5, 0.6) is 0 Å². The molecular formula is C21H20F3N5O2. The average molecular weight is 431 g/mol. The fourth-order valence-electron chi connectivity index (χ4n) is 2.93. The topological polar surface area (TPSA) is 80.0 Å². The number of oxime groups is 1. The Kier molecular flexibility index (Phi) is 5.79. The third-order valence-electron chi connectivity index (χ3n) is 4.69. The number of hydrogen-bond donors (Lipinski definition) is 2. The van der Waals surface area contributed by atoms with E-state index in [1.54, 1.807) is 35.9 Å². The number of rotatable bonds is 7. The van der Waals surface area contributed by atoms with Crippen LogP contribution in [0.15, 0.2) is 53.9 Å². The van der Waals surface area contributed by atoms with Crippen LogP contribution in [0.4, 0.5) is 23.7 Å². The van der Waals surface area contributed by atoms with Gasteiger partial charge < -0.3 is 15.5 Å². The maximum atomic E-state index is 12.2. The summed E-state index contributed by atoms with van der Waals surface area (Å²) in [5.41, 5.74) is 3.42. The van der Waals surface area contributed by atoms with Gasteiger partial charge in [0, 0.05) is 23.0 Å². The predicted molar refractivity (Wildman–Crippen MR) is 110 cm³/mol. The van der Waals surface area contributed by atoms with Crippen LogP contribution in [-0.4, -0.2) is 41.0 Å². The van der Waals surface area contributed by atoms with Gasteiger partial charge in [-0.2, -0.15) is 13.2 Å². The molecule has 2 N–H and O–H groups in total. The minimum atomic E-state index is -4.47. The highest BCUT2D eigenvalue weighted by Gasteiger charge is 2.27. The highest BCUT2D eigenvalue weighted by atomic mass is 19.4. The second kappa shape index (κ2) is 8.66. The van der Waals surface area contributed by atoms with Crippen molar-refractivity contribution in [3.63, 3.8) is 0 Å². The molecule has 0 atom stereocenters. The number of carbonyl (C=O) groups is 1. The molecule has 0 aliphatic heterocycles. The zero-order chi connectivity index (χ0) is 21.8. The number of urea groups is 1. The molecule has 2 heterocycles. The van der Waals surface area contributed by atoms with Gasteiger partial charge in [0.05, 0.1) is 18.1 Å². The number of fused-ring (bicyclic) bond motifs is 1. The first-order chi connectivity index (χ1) is 14.9. The number of pyridine rings is 1. The highest BCUT2D eigenvalue weighted by Crippen LogP contribution is 2.28. The number of hydrogen-bond acceptors (Lipinski definition) is 4. The number of carbonyl (C=O) groups excluding carboxylic acids is 1. The third kappa shape index (κ3) is 5.74. The van der Waals surface area contributed by atoms with Crippen LogP contribution < -0.4 is 10.6 Å². The Morgan fingerprint density at radius 2 is 2.13 bits per heavy atom. The van der Waals surface area contributed by atoms with E-state index >= 15 is 0 Å². The summed E-state index contributed by atoms with van der Waals surface area (Å²) in [5, 5.41) is 8.16. The first-order valence-corrected chi connectivity index (χ1v) is 9.72. The number of amides is 2. The Morgan fingerprint density at radius 1 is 1.29 bits per heavy atom. The van der Waals surface area contributed by atoms with Crippen LogP contribution in [-0.2, 0) is 4.84 Å². The van der Waals surface area contributed by atoms with Crippen molar-refractivity contribution in [2.24, 2.45) is 11.1 Å². The fourth-order valence-corrected chi connectivity index (χ4v) is 2.93. The summed E-state index contributed by atoms with van der Waals surface area (Å²) in [5.74, 6) is 0.635. The van der Waals surface area contributed by atoms with Crippen molar-refractivity contribution in [2.75, 3.05) is 18.5 Å². The summed E-state index contributed by atoms with van der Waals surface area (Å²) < 4.78 is 38.6. The zero-order valence-electron chi connectivity index (χ0n) is 16.4. The van der Waals surface area contributed by atoms with Crippen molar-refractivity contribution >= 4 is 23.6 Å². The van der Waals surface area contributed by atoms with Gasteiger partial charge in [-0.1, -0.05) is 17.3 Å². The number of imidazole rings is 1. The largest absolute Gasteiger partial charge is 0.405 e. The van der Waals surface area contributed by atoms with E-state index < -0.39 is 18.8 Å². The maximum absolute atomic E-state index is 12.2. The lowest BCUT2D eigenvalue weighted by atomic mass is 10.1. The molecular weight excluding hydrogens is 411 g/mol. The van der Waals surface area contributed by atoms with E-state index in [4.69, 9.17) is 4.84 Å². The molecule has 3 aromatic rings. The van der Waals surface area contributed by atoms with Gasteiger partial charge in [0.15, 0.2) is 0 Å². The van der Waals surface area contributed by atoms with Gasteiger partial charge in [-0.15, -0.1) is 0 Å². The van der Waals surface area contributed by atoms with E-state index in [2.05, 4.69) is 15.5 Å². The first kappa shape index (κ1) is 20.7. The van der Waals surface area contributed by atoms with Crippen LogP contribution in [0.25, 0.3) is 16.9 Å². The molecule has 1 fully saturated rings. The van der Waals surface area contributed by atoms with Gasteiger partial charge in [-0.3, -0.25) is 4.40 Å². The average Bonchev–Trinajstić information content (AvgIpc) is 3.46. The van der Waals surface area contributed by atoms with Crippen molar-refractivity contribution in [3.8, 4) is 11.3 Å². The van der Waals surface area contributed by atoms with E-state index in [0.717, 1.165) is 16.8 Å².